The molecule has 3 aliphatic rings. The average molecular weight is 252 g/mol. The summed E-state index contributed by atoms with van der Waals surface area (Å²) in [5.74, 6) is 0.397. The standard InChI is InChI=1S/C11H16N4OS/c1-15-5-13-8-7-3-2-6(4-16)14-11(7)17-9(8)10(15)12/h4,7,9-11H,2-3,5,12H2,1H3. The summed E-state index contributed by atoms with van der Waals surface area (Å²) in [4.78, 5) is 22.0. The molecule has 0 aliphatic carbocycles. The van der Waals surface area contributed by atoms with E-state index < -0.39 is 0 Å². The number of aliphatic imine (C=N–C) groups is 2. The van der Waals surface area contributed by atoms with Crippen molar-refractivity contribution in [3.63, 3.8) is 0 Å². The summed E-state index contributed by atoms with van der Waals surface area (Å²) in [5.41, 5.74) is 8.11. The summed E-state index contributed by atoms with van der Waals surface area (Å²) < 4.78 is 0. The fraction of sp³-hybridized carbons (Fsp3) is 0.727. The van der Waals surface area contributed by atoms with Gasteiger partial charge in [0.05, 0.1) is 23.8 Å². The van der Waals surface area contributed by atoms with E-state index >= 15 is 0 Å². The highest BCUT2D eigenvalue weighted by molar-refractivity contribution is 8.01. The molecule has 0 aromatic heterocycles. The Morgan fingerprint density at radius 2 is 2.41 bits per heavy atom. The van der Waals surface area contributed by atoms with Crippen LogP contribution in [0.1, 0.15) is 12.8 Å². The molecule has 4 unspecified atom stereocenters. The van der Waals surface area contributed by atoms with Crippen molar-refractivity contribution in [2.45, 2.75) is 29.6 Å². The van der Waals surface area contributed by atoms with Gasteiger partial charge in [-0.3, -0.25) is 19.7 Å². The summed E-state index contributed by atoms with van der Waals surface area (Å²) in [6.45, 7) is 0.682. The lowest BCUT2D eigenvalue weighted by atomic mass is 9.90. The minimum absolute atomic E-state index is 0.0213. The fourth-order valence-corrected chi connectivity index (χ4v) is 4.40. The second-order valence-corrected chi connectivity index (χ2v) is 6.07. The molecular formula is C11H16N4OS. The van der Waals surface area contributed by atoms with Gasteiger partial charge < -0.3 is 5.73 Å². The van der Waals surface area contributed by atoms with E-state index in [9.17, 15) is 4.79 Å². The maximum Gasteiger partial charge on any atom is 0.163 e. The molecular weight excluding hydrogens is 236 g/mol. The summed E-state index contributed by atoms with van der Waals surface area (Å²) in [6.07, 6.45) is 2.67. The first kappa shape index (κ1) is 11.4. The molecule has 6 heteroatoms. The van der Waals surface area contributed by atoms with Crippen molar-refractivity contribution in [3.05, 3.63) is 0 Å². The van der Waals surface area contributed by atoms with Crippen LogP contribution in [0.2, 0.25) is 0 Å². The molecule has 4 atom stereocenters. The lowest BCUT2D eigenvalue weighted by Crippen LogP contribution is -2.52. The first-order chi connectivity index (χ1) is 8.20. The Kier molecular flexibility index (Phi) is 2.80. The normalized spacial score (nSPS) is 41.3. The van der Waals surface area contributed by atoms with Crippen LogP contribution in [0.25, 0.3) is 0 Å². The highest BCUT2D eigenvalue weighted by Crippen LogP contribution is 2.44. The summed E-state index contributed by atoms with van der Waals surface area (Å²) in [5, 5.41) is 0.406. The van der Waals surface area contributed by atoms with Gasteiger partial charge in [-0.05, 0) is 19.9 Å². The van der Waals surface area contributed by atoms with Crippen LogP contribution in [0.3, 0.4) is 0 Å². The van der Waals surface area contributed by atoms with Crippen LogP contribution >= 0.6 is 11.8 Å². The van der Waals surface area contributed by atoms with E-state index in [2.05, 4.69) is 14.9 Å². The molecule has 0 amide bonds. The first-order valence-electron chi connectivity index (χ1n) is 5.88. The van der Waals surface area contributed by atoms with Gasteiger partial charge in [-0.25, -0.2) is 0 Å². The second kappa shape index (κ2) is 4.19. The minimum atomic E-state index is 0.0213. The molecule has 0 spiro atoms. The molecule has 0 saturated carbocycles. The third-order valence-electron chi connectivity index (χ3n) is 3.74. The van der Waals surface area contributed by atoms with E-state index in [0.29, 0.717) is 18.3 Å². The van der Waals surface area contributed by atoms with Gasteiger partial charge in [-0.2, -0.15) is 0 Å². The molecule has 3 aliphatic heterocycles. The smallest absolute Gasteiger partial charge is 0.163 e. The molecule has 1 fully saturated rings. The van der Waals surface area contributed by atoms with Gasteiger partial charge in [0.25, 0.3) is 0 Å². The number of thioether (sulfide) groups is 1. The Morgan fingerprint density at radius 1 is 1.59 bits per heavy atom. The van der Waals surface area contributed by atoms with Crippen molar-refractivity contribution in [3.8, 4) is 0 Å². The van der Waals surface area contributed by atoms with Crippen LogP contribution in [-0.4, -0.2) is 53.1 Å². The van der Waals surface area contributed by atoms with Crippen LogP contribution in [0.4, 0.5) is 0 Å². The highest BCUT2D eigenvalue weighted by Gasteiger charge is 2.47. The number of carbonyl (C=O) groups is 1. The summed E-state index contributed by atoms with van der Waals surface area (Å²) >= 11 is 1.77. The van der Waals surface area contributed by atoms with Gasteiger partial charge in [0, 0.05) is 11.6 Å². The third-order valence-corrected chi connectivity index (χ3v) is 5.26. The van der Waals surface area contributed by atoms with Gasteiger partial charge in [-0.15, -0.1) is 11.8 Å². The van der Waals surface area contributed by atoms with E-state index in [4.69, 9.17) is 5.73 Å². The van der Waals surface area contributed by atoms with Crippen LogP contribution in [0.15, 0.2) is 9.98 Å². The Bertz CT molecular complexity index is 408. The molecule has 1 saturated heterocycles. The maximum absolute atomic E-state index is 10.8. The van der Waals surface area contributed by atoms with Crippen LogP contribution in [0.5, 0.6) is 0 Å². The lowest BCUT2D eigenvalue weighted by Gasteiger charge is -2.32. The van der Waals surface area contributed by atoms with Crippen molar-refractivity contribution in [1.82, 2.24) is 4.90 Å². The predicted octanol–water partition coefficient (Wildman–Crippen LogP) is 0.107. The summed E-state index contributed by atoms with van der Waals surface area (Å²) in [7, 11) is 1.99. The molecule has 0 bridgehead atoms. The zero-order valence-electron chi connectivity index (χ0n) is 9.74. The van der Waals surface area contributed by atoms with Crippen molar-refractivity contribution in [1.29, 1.82) is 0 Å². The van der Waals surface area contributed by atoms with Gasteiger partial charge in [0.1, 0.15) is 5.37 Å². The van der Waals surface area contributed by atoms with E-state index in [0.717, 1.165) is 19.1 Å². The van der Waals surface area contributed by atoms with Gasteiger partial charge in [-0.1, -0.05) is 0 Å². The van der Waals surface area contributed by atoms with E-state index in [1.54, 1.807) is 11.8 Å². The van der Waals surface area contributed by atoms with Crippen molar-refractivity contribution in [2.75, 3.05) is 13.7 Å². The number of nitrogens with two attached hydrogens (primary N) is 1. The van der Waals surface area contributed by atoms with Gasteiger partial charge in [0.15, 0.2) is 6.29 Å². The molecule has 0 aromatic rings. The monoisotopic (exact) mass is 252 g/mol. The molecule has 5 nitrogen and oxygen atoms in total. The predicted molar refractivity (Wildman–Crippen MR) is 69.4 cm³/mol. The number of rotatable bonds is 1. The molecule has 2 N–H and O–H groups in total. The number of fused-ring (bicyclic) bond motifs is 3. The third kappa shape index (κ3) is 1.75. The van der Waals surface area contributed by atoms with Crippen molar-refractivity contribution < 1.29 is 4.79 Å². The second-order valence-electron chi connectivity index (χ2n) is 4.80. The maximum atomic E-state index is 10.8. The Hall–Kier alpha value is -0.720. The number of hydrogen-bond donors (Lipinski definition) is 1. The topological polar surface area (TPSA) is 71.0 Å². The highest BCUT2D eigenvalue weighted by atomic mass is 32.2. The number of carbonyl (C=O) groups excluding carboxylic acids is 1. The summed E-state index contributed by atoms with van der Waals surface area (Å²) in [6, 6.07) is 0. The van der Waals surface area contributed by atoms with Crippen molar-refractivity contribution >= 4 is 29.5 Å². The lowest BCUT2D eigenvalue weighted by molar-refractivity contribution is -0.102. The largest absolute Gasteiger partial charge is 0.314 e. The van der Waals surface area contributed by atoms with Gasteiger partial charge >= 0.3 is 0 Å². The minimum Gasteiger partial charge on any atom is -0.314 e. The molecule has 0 radical (unpaired) electrons. The van der Waals surface area contributed by atoms with E-state index in [1.807, 2.05) is 7.05 Å². The first-order valence-corrected chi connectivity index (χ1v) is 6.82. The SMILES string of the molecule is CN1CN=C2C3CCC(C=O)=NC3SC2C1N. The zero-order chi connectivity index (χ0) is 12.0. The zero-order valence-corrected chi connectivity index (χ0v) is 10.6. The average Bonchev–Trinajstić information content (AvgIpc) is 2.72. The molecule has 3 heterocycles. The number of aldehydes is 1. The number of nitrogens with zero attached hydrogens (tertiary/aromatic N) is 3. The van der Waals surface area contributed by atoms with Gasteiger partial charge in [0.2, 0.25) is 0 Å². The Labute approximate surface area is 105 Å². The van der Waals surface area contributed by atoms with E-state index in [-0.39, 0.29) is 16.8 Å². The van der Waals surface area contributed by atoms with Crippen LogP contribution in [-0.2, 0) is 4.79 Å². The van der Waals surface area contributed by atoms with Crippen molar-refractivity contribution in [2.24, 2.45) is 21.6 Å². The molecule has 3 rings (SSSR count). The fourth-order valence-electron chi connectivity index (χ4n) is 2.68. The molecule has 92 valence electrons. The van der Waals surface area contributed by atoms with Crippen LogP contribution < -0.4 is 5.73 Å². The Morgan fingerprint density at radius 3 is 3.18 bits per heavy atom. The number of hydrogen-bond acceptors (Lipinski definition) is 6. The van der Waals surface area contributed by atoms with E-state index in [1.165, 1.54) is 5.71 Å². The molecule has 17 heavy (non-hydrogen) atoms. The molecule has 0 aromatic carbocycles. The Balaban J connectivity index is 1.89. The quantitative estimate of drug-likeness (QED) is 0.672. The van der Waals surface area contributed by atoms with Crippen LogP contribution in [0, 0.1) is 5.92 Å².